The first-order valence-corrected chi connectivity index (χ1v) is 7.95. The third kappa shape index (κ3) is 3.92. The number of aryl methyl sites for hydroxylation is 1. The highest BCUT2D eigenvalue weighted by Crippen LogP contribution is 2.15. The molecule has 1 aromatic heterocycles. The van der Waals surface area contributed by atoms with Gasteiger partial charge in [0.15, 0.2) is 6.10 Å². The SMILES string of the molecule is Cc1ccccc1NC(=O)C(C)OC(=O)c1cccc(-n2cnnn2)c1. The van der Waals surface area contributed by atoms with E-state index in [-0.39, 0.29) is 0 Å². The summed E-state index contributed by atoms with van der Waals surface area (Å²) in [7, 11) is 0. The molecule has 0 saturated heterocycles. The molecule has 0 bridgehead atoms. The van der Waals surface area contributed by atoms with Gasteiger partial charge in [-0.3, -0.25) is 4.79 Å². The Morgan fingerprint density at radius 3 is 2.69 bits per heavy atom. The molecule has 0 radical (unpaired) electrons. The van der Waals surface area contributed by atoms with Crippen molar-refractivity contribution in [3.05, 3.63) is 66.0 Å². The zero-order valence-electron chi connectivity index (χ0n) is 14.3. The first-order chi connectivity index (χ1) is 12.5. The number of tetrazole rings is 1. The minimum absolute atomic E-state index is 0.300. The van der Waals surface area contributed by atoms with E-state index in [9.17, 15) is 9.59 Å². The van der Waals surface area contributed by atoms with Gasteiger partial charge in [0.05, 0.1) is 11.3 Å². The molecular weight excluding hydrogens is 334 g/mol. The second-order valence-corrected chi connectivity index (χ2v) is 5.66. The maximum absolute atomic E-state index is 12.3. The number of benzene rings is 2. The molecule has 3 rings (SSSR count). The van der Waals surface area contributed by atoms with Crippen LogP contribution in [0.4, 0.5) is 5.69 Å². The van der Waals surface area contributed by atoms with Crippen LogP contribution in [0.25, 0.3) is 5.69 Å². The smallest absolute Gasteiger partial charge is 0.338 e. The van der Waals surface area contributed by atoms with E-state index in [0.717, 1.165) is 5.56 Å². The van der Waals surface area contributed by atoms with E-state index in [1.807, 2.05) is 25.1 Å². The summed E-state index contributed by atoms with van der Waals surface area (Å²) in [5, 5.41) is 13.6. The molecule has 1 unspecified atom stereocenters. The van der Waals surface area contributed by atoms with E-state index >= 15 is 0 Å². The Hall–Kier alpha value is -3.55. The average Bonchev–Trinajstić information content (AvgIpc) is 3.18. The first kappa shape index (κ1) is 17.3. The summed E-state index contributed by atoms with van der Waals surface area (Å²) in [6, 6.07) is 14.0. The molecule has 1 N–H and O–H groups in total. The van der Waals surface area contributed by atoms with Crippen molar-refractivity contribution in [2.24, 2.45) is 0 Å². The van der Waals surface area contributed by atoms with Gasteiger partial charge in [-0.15, -0.1) is 5.10 Å². The molecule has 0 spiro atoms. The van der Waals surface area contributed by atoms with Crippen LogP contribution in [0.2, 0.25) is 0 Å². The summed E-state index contributed by atoms with van der Waals surface area (Å²) in [5.41, 5.74) is 2.52. The molecule has 1 heterocycles. The van der Waals surface area contributed by atoms with Crippen molar-refractivity contribution in [2.45, 2.75) is 20.0 Å². The van der Waals surface area contributed by atoms with E-state index < -0.39 is 18.0 Å². The lowest BCUT2D eigenvalue weighted by atomic mass is 10.2. The molecule has 1 amide bonds. The Labute approximate surface area is 149 Å². The Bertz CT molecular complexity index is 924. The number of carbonyl (C=O) groups excluding carboxylic acids is 2. The number of nitrogens with one attached hydrogen (secondary N) is 1. The summed E-state index contributed by atoms with van der Waals surface area (Å²) in [6.45, 7) is 3.41. The highest BCUT2D eigenvalue weighted by molar-refractivity contribution is 5.97. The van der Waals surface area contributed by atoms with Crippen molar-refractivity contribution in [3.8, 4) is 5.69 Å². The Morgan fingerprint density at radius 1 is 1.15 bits per heavy atom. The summed E-state index contributed by atoms with van der Waals surface area (Å²) in [6.07, 6.45) is 0.474. The van der Waals surface area contributed by atoms with Gasteiger partial charge < -0.3 is 10.1 Å². The Balaban J connectivity index is 1.67. The fourth-order valence-electron chi connectivity index (χ4n) is 2.28. The number of hydrogen-bond donors (Lipinski definition) is 1. The molecule has 8 nitrogen and oxygen atoms in total. The quantitative estimate of drug-likeness (QED) is 0.707. The van der Waals surface area contributed by atoms with Crippen LogP contribution >= 0.6 is 0 Å². The van der Waals surface area contributed by atoms with E-state index in [1.165, 1.54) is 17.9 Å². The number of amides is 1. The van der Waals surface area contributed by atoms with E-state index in [4.69, 9.17) is 4.74 Å². The second kappa shape index (κ2) is 7.56. The summed E-state index contributed by atoms with van der Waals surface area (Å²) >= 11 is 0. The number of hydrogen-bond acceptors (Lipinski definition) is 6. The Kier molecular flexibility index (Phi) is 5.02. The molecule has 0 saturated carbocycles. The molecule has 3 aromatic rings. The zero-order valence-corrected chi connectivity index (χ0v) is 14.3. The van der Waals surface area contributed by atoms with Gasteiger partial charge in [-0.1, -0.05) is 24.3 Å². The maximum atomic E-state index is 12.3. The van der Waals surface area contributed by atoms with E-state index in [2.05, 4.69) is 20.8 Å². The van der Waals surface area contributed by atoms with Crippen molar-refractivity contribution in [2.75, 3.05) is 5.32 Å². The monoisotopic (exact) mass is 351 g/mol. The molecule has 0 aliphatic rings. The predicted octanol–water partition coefficient (Wildman–Crippen LogP) is 2.15. The van der Waals surface area contributed by atoms with Crippen molar-refractivity contribution in [1.82, 2.24) is 20.2 Å². The molecular formula is C18H17N5O3. The molecule has 0 aliphatic heterocycles. The number of aromatic nitrogens is 4. The molecule has 2 aromatic carbocycles. The highest BCUT2D eigenvalue weighted by Gasteiger charge is 2.20. The number of nitrogens with zero attached hydrogens (tertiary/aromatic N) is 4. The molecule has 26 heavy (non-hydrogen) atoms. The van der Waals surface area contributed by atoms with Crippen LogP contribution in [0.15, 0.2) is 54.9 Å². The Morgan fingerprint density at radius 2 is 1.96 bits per heavy atom. The zero-order chi connectivity index (χ0) is 18.5. The number of esters is 1. The van der Waals surface area contributed by atoms with Crippen LogP contribution in [0, 0.1) is 6.92 Å². The van der Waals surface area contributed by atoms with Crippen LogP contribution in [0.5, 0.6) is 0 Å². The van der Waals surface area contributed by atoms with Gasteiger partial charge in [-0.05, 0) is 54.1 Å². The fourth-order valence-corrected chi connectivity index (χ4v) is 2.28. The average molecular weight is 351 g/mol. The van der Waals surface area contributed by atoms with Crippen LogP contribution in [0.1, 0.15) is 22.8 Å². The van der Waals surface area contributed by atoms with Crippen LogP contribution in [-0.4, -0.2) is 38.2 Å². The van der Waals surface area contributed by atoms with Gasteiger partial charge >= 0.3 is 5.97 Å². The second-order valence-electron chi connectivity index (χ2n) is 5.66. The number of ether oxygens (including phenoxy) is 1. The summed E-state index contributed by atoms with van der Waals surface area (Å²) in [5.74, 6) is -1.00. The van der Waals surface area contributed by atoms with E-state index in [0.29, 0.717) is 16.9 Å². The lowest BCUT2D eigenvalue weighted by Crippen LogP contribution is -2.30. The molecule has 0 fully saturated rings. The minimum atomic E-state index is -0.946. The van der Waals surface area contributed by atoms with Gasteiger partial charge in [0.2, 0.25) is 0 Å². The lowest BCUT2D eigenvalue weighted by Gasteiger charge is -2.15. The standard InChI is InChI=1S/C18H17N5O3/c1-12-6-3-4-9-16(12)20-17(24)13(2)26-18(25)14-7-5-8-15(10-14)23-11-19-21-22-23/h3-11,13H,1-2H3,(H,20,24). The highest BCUT2D eigenvalue weighted by atomic mass is 16.5. The van der Waals surface area contributed by atoms with Gasteiger partial charge in [0.25, 0.3) is 5.91 Å². The van der Waals surface area contributed by atoms with Crippen LogP contribution < -0.4 is 5.32 Å². The third-order valence-corrected chi connectivity index (χ3v) is 3.75. The minimum Gasteiger partial charge on any atom is -0.449 e. The van der Waals surface area contributed by atoms with Crippen molar-refractivity contribution < 1.29 is 14.3 Å². The van der Waals surface area contributed by atoms with E-state index in [1.54, 1.807) is 30.3 Å². The normalized spacial score (nSPS) is 11.6. The fraction of sp³-hybridized carbons (Fsp3) is 0.167. The maximum Gasteiger partial charge on any atom is 0.338 e. The number of rotatable bonds is 5. The topological polar surface area (TPSA) is 99.0 Å². The van der Waals surface area contributed by atoms with Gasteiger partial charge in [-0.2, -0.15) is 0 Å². The molecule has 1 atom stereocenters. The number of carbonyl (C=O) groups is 2. The number of para-hydroxylation sites is 1. The summed E-state index contributed by atoms with van der Waals surface area (Å²) in [4.78, 5) is 24.6. The van der Waals surface area contributed by atoms with Crippen molar-refractivity contribution in [3.63, 3.8) is 0 Å². The molecule has 132 valence electrons. The first-order valence-electron chi connectivity index (χ1n) is 7.95. The lowest BCUT2D eigenvalue weighted by molar-refractivity contribution is -0.123. The third-order valence-electron chi connectivity index (χ3n) is 3.75. The molecule has 0 aliphatic carbocycles. The van der Waals surface area contributed by atoms with Gasteiger partial charge in [0, 0.05) is 5.69 Å². The van der Waals surface area contributed by atoms with Crippen LogP contribution in [0.3, 0.4) is 0 Å². The summed E-state index contributed by atoms with van der Waals surface area (Å²) < 4.78 is 6.69. The van der Waals surface area contributed by atoms with Gasteiger partial charge in [0.1, 0.15) is 6.33 Å². The van der Waals surface area contributed by atoms with Crippen molar-refractivity contribution in [1.29, 1.82) is 0 Å². The van der Waals surface area contributed by atoms with Crippen molar-refractivity contribution >= 4 is 17.6 Å². The number of anilines is 1. The van der Waals surface area contributed by atoms with Gasteiger partial charge in [-0.25, -0.2) is 9.48 Å². The largest absolute Gasteiger partial charge is 0.449 e. The molecule has 8 heteroatoms. The predicted molar refractivity (Wildman–Crippen MR) is 93.8 cm³/mol. The van der Waals surface area contributed by atoms with Crippen LogP contribution in [-0.2, 0) is 9.53 Å².